The van der Waals surface area contributed by atoms with Gasteiger partial charge in [0.1, 0.15) is 6.17 Å². The maximum absolute atomic E-state index is 4.50. The van der Waals surface area contributed by atoms with E-state index < -0.39 is 0 Å². The number of rotatable bonds is 13. The molecule has 0 fully saturated rings. The van der Waals surface area contributed by atoms with Crippen LogP contribution in [0.1, 0.15) is 47.0 Å². The first-order valence-corrected chi connectivity index (χ1v) is 13.2. The second-order valence-electron chi connectivity index (χ2n) is 9.27. The van der Waals surface area contributed by atoms with Crippen LogP contribution in [-0.4, -0.2) is 18.1 Å². The molecule has 3 nitrogen and oxygen atoms in total. The fourth-order valence-electron chi connectivity index (χ4n) is 4.54. The standard InChI is InChI=1S/C34H45N3/c1-9-12-19-25-35-28(5)20-17-18-23-33-27(4)26-29(6)37(34(24-13-10-2)32(33)11-3)30(7)36(8)31-21-15-14-16-22-31/h9,11-17,19-22,24-26,30,33,35H,3,5-6,10,18,23H2,1-2,4,7-8H3/b12-9-,20-17-,24-13-,25-19-. The van der Waals surface area contributed by atoms with Gasteiger partial charge in [-0.25, -0.2) is 0 Å². The lowest BCUT2D eigenvalue weighted by Gasteiger charge is -2.39. The molecule has 1 heterocycles. The Hall–Kier alpha value is -3.72. The Bertz CT molecular complexity index is 1100. The average molecular weight is 496 g/mol. The molecule has 3 heteroatoms. The quantitative estimate of drug-likeness (QED) is 0.276. The highest BCUT2D eigenvalue weighted by atomic mass is 15.3. The molecule has 0 bridgehead atoms. The van der Waals surface area contributed by atoms with Crippen LogP contribution in [0.3, 0.4) is 0 Å². The summed E-state index contributed by atoms with van der Waals surface area (Å²) in [7, 11) is 2.14. The van der Waals surface area contributed by atoms with Crippen molar-refractivity contribution < 1.29 is 0 Å². The molecule has 2 atom stereocenters. The summed E-state index contributed by atoms with van der Waals surface area (Å²) in [4.78, 5) is 4.64. The van der Waals surface area contributed by atoms with Crippen LogP contribution in [0.5, 0.6) is 0 Å². The third kappa shape index (κ3) is 8.42. The van der Waals surface area contributed by atoms with E-state index in [1.165, 1.54) is 22.5 Å². The predicted octanol–water partition coefficient (Wildman–Crippen LogP) is 8.80. The number of hydrogen-bond donors (Lipinski definition) is 1. The molecule has 0 aliphatic carbocycles. The Labute approximate surface area is 226 Å². The van der Waals surface area contributed by atoms with Gasteiger partial charge in [-0.2, -0.15) is 0 Å². The molecule has 1 aromatic rings. The first-order valence-electron chi connectivity index (χ1n) is 13.2. The van der Waals surface area contributed by atoms with Crippen LogP contribution in [-0.2, 0) is 0 Å². The van der Waals surface area contributed by atoms with Gasteiger partial charge in [-0.1, -0.05) is 80.8 Å². The van der Waals surface area contributed by atoms with Gasteiger partial charge in [0.25, 0.3) is 0 Å². The van der Waals surface area contributed by atoms with Crippen molar-refractivity contribution in [3.05, 3.63) is 139 Å². The third-order valence-electron chi connectivity index (χ3n) is 6.62. The molecule has 37 heavy (non-hydrogen) atoms. The Balaban J connectivity index is 2.35. The molecule has 2 rings (SSSR count). The van der Waals surface area contributed by atoms with Crippen LogP contribution in [0.15, 0.2) is 139 Å². The van der Waals surface area contributed by atoms with Crippen LogP contribution in [0.25, 0.3) is 0 Å². The molecule has 0 radical (unpaired) electrons. The number of nitrogens with one attached hydrogen (secondary N) is 1. The third-order valence-corrected chi connectivity index (χ3v) is 6.62. The molecule has 1 N–H and O–H groups in total. The van der Waals surface area contributed by atoms with Gasteiger partial charge in [0.2, 0.25) is 0 Å². The highest BCUT2D eigenvalue weighted by Crippen LogP contribution is 2.37. The molecule has 196 valence electrons. The van der Waals surface area contributed by atoms with E-state index in [2.05, 4.69) is 117 Å². The largest absolute Gasteiger partial charge is 0.362 e. The summed E-state index contributed by atoms with van der Waals surface area (Å²) in [6.07, 6.45) is 23.8. The van der Waals surface area contributed by atoms with Crippen molar-refractivity contribution in [3.8, 4) is 0 Å². The van der Waals surface area contributed by atoms with E-state index in [9.17, 15) is 0 Å². The molecule has 0 amide bonds. The van der Waals surface area contributed by atoms with Crippen molar-refractivity contribution in [1.29, 1.82) is 0 Å². The monoisotopic (exact) mass is 495 g/mol. The van der Waals surface area contributed by atoms with Gasteiger partial charge in [-0.15, -0.1) is 0 Å². The zero-order valence-corrected chi connectivity index (χ0v) is 23.5. The normalized spacial score (nSPS) is 17.6. The van der Waals surface area contributed by atoms with Crippen molar-refractivity contribution in [2.45, 2.75) is 53.1 Å². The average Bonchev–Trinajstić information content (AvgIpc) is 3.00. The van der Waals surface area contributed by atoms with Crippen molar-refractivity contribution in [2.75, 3.05) is 11.9 Å². The molecule has 0 aromatic heterocycles. The number of hydrogen-bond acceptors (Lipinski definition) is 3. The molecule has 0 spiro atoms. The highest BCUT2D eigenvalue weighted by Gasteiger charge is 2.29. The lowest BCUT2D eigenvalue weighted by atomic mass is 9.86. The molecule has 0 saturated carbocycles. The molecule has 1 aliphatic rings. The minimum atomic E-state index is 0.0639. The molecule has 2 unspecified atom stereocenters. The molecular weight excluding hydrogens is 450 g/mol. The summed E-state index contributed by atoms with van der Waals surface area (Å²) in [6, 6.07) is 10.5. The van der Waals surface area contributed by atoms with Gasteiger partial charge >= 0.3 is 0 Å². The fourth-order valence-corrected chi connectivity index (χ4v) is 4.54. The van der Waals surface area contributed by atoms with E-state index in [1.54, 1.807) is 0 Å². The second kappa shape index (κ2) is 15.4. The maximum Gasteiger partial charge on any atom is 0.103 e. The Morgan fingerprint density at radius 3 is 2.57 bits per heavy atom. The minimum absolute atomic E-state index is 0.0639. The number of anilines is 1. The Morgan fingerprint density at radius 2 is 1.92 bits per heavy atom. The van der Waals surface area contributed by atoms with Crippen LogP contribution in [0.4, 0.5) is 5.69 Å². The number of allylic oxidation sites excluding steroid dienone is 11. The Morgan fingerprint density at radius 1 is 1.19 bits per heavy atom. The van der Waals surface area contributed by atoms with E-state index in [4.69, 9.17) is 0 Å². The molecule has 1 aromatic carbocycles. The maximum atomic E-state index is 4.50. The summed E-state index contributed by atoms with van der Waals surface area (Å²) in [5.74, 6) is 0.255. The molecule has 1 aliphatic heterocycles. The predicted molar refractivity (Wildman–Crippen MR) is 164 cm³/mol. The smallest absolute Gasteiger partial charge is 0.103 e. The van der Waals surface area contributed by atoms with Gasteiger partial charge in [-0.05, 0) is 82.0 Å². The van der Waals surface area contributed by atoms with Crippen molar-refractivity contribution in [3.63, 3.8) is 0 Å². The zero-order valence-electron chi connectivity index (χ0n) is 23.5. The van der Waals surface area contributed by atoms with Crippen LogP contribution >= 0.6 is 0 Å². The summed E-state index contributed by atoms with van der Waals surface area (Å²) in [5, 5.41) is 3.19. The van der Waals surface area contributed by atoms with E-state index in [-0.39, 0.29) is 12.1 Å². The summed E-state index contributed by atoms with van der Waals surface area (Å²) in [5.41, 5.74) is 6.75. The number of nitrogens with zero attached hydrogens (tertiary/aromatic N) is 2. The van der Waals surface area contributed by atoms with Crippen LogP contribution in [0.2, 0.25) is 0 Å². The van der Waals surface area contributed by atoms with Gasteiger partial charge < -0.3 is 15.1 Å². The first-order chi connectivity index (χ1) is 17.8. The van der Waals surface area contributed by atoms with Gasteiger partial charge in [0, 0.05) is 41.9 Å². The second-order valence-corrected chi connectivity index (χ2v) is 9.27. The van der Waals surface area contributed by atoms with Gasteiger partial charge in [0.05, 0.1) is 0 Å². The van der Waals surface area contributed by atoms with E-state index in [1.807, 2.05) is 43.5 Å². The summed E-state index contributed by atoms with van der Waals surface area (Å²) >= 11 is 0. The topological polar surface area (TPSA) is 18.5 Å². The van der Waals surface area contributed by atoms with Gasteiger partial charge in [0.15, 0.2) is 0 Å². The highest BCUT2D eigenvalue weighted by molar-refractivity contribution is 5.49. The van der Waals surface area contributed by atoms with Crippen LogP contribution < -0.4 is 10.2 Å². The number of para-hydroxylation sites is 1. The van der Waals surface area contributed by atoms with Crippen molar-refractivity contribution in [2.24, 2.45) is 5.92 Å². The Kier molecular flexibility index (Phi) is 12.3. The number of benzene rings is 1. The van der Waals surface area contributed by atoms with Gasteiger partial charge in [-0.3, -0.25) is 0 Å². The summed E-state index contributed by atoms with van der Waals surface area (Å²) in [6.45, 7) is 21.4. The SMILES string of the molecule is C=CC1=C(/C=C\CC)N(C(C)N(C)c2ccccc2)C(=C)C=C(C)C1CC/C=C\C(=C)N/C=C\C=C/C. The lowest BCUT2D eigenvalue weighted by molar-refractivity contribution is 0.345. The molecule has 0 saturated heterocycles. The first kappa shape index (κ1) is 29.5. The van der Waals surface area contributed by atoms with Crippen LogP contribution in [0, 0.1) is 5.92 Å². The minimum Gasteiger partial charge on any atom is -0.362 e. The lowest BCUT2D eigenvalue weighted by Crippen LogP contribution is -2.43. The van der Waals surface area contributed by atoms with E-state index >= 15 is 0 Å². The fraction of sp³-hybridized carbons (Fsp3) is 0.294. The zero-order chi connectivity index (χ0) is 27.2. The van der Waals surface area contributed by atoms with E-state index in [0.717, 1.165) is 30.7 Å². The van der Waals surface area contributed by atoms with E-state index in [0.29, 0.717) is 0 Å². The van der Waals surface area contributed by atoms with Crippen molar-refractivity contribution in [1.82, 2.24) is 10.2 Å². The molecular formula is C34H45N3. The summed E-state index contributed by atoms with van der Waals surface area (Å²) < 4.78 is 0. The van der Waals surface area contributed by atoms with Crippen molar-refractivity contribution >= 4 is 5.69 Å².